The van der Waals surface area contributed by atoms with Crippen molar-refractivity contribution in [1.29, 1.82) is 0 Å². The summed E-state index contributed by atoms with van der Waals surface area (Å²) in [5.74, 6) is -0.702. The van der Waals surface area contributed by atoms with Gasteiger partial charge in [0.2, 0.25) is 0 Å². The number of piperidine rings is 1. The molecule has 0 radical (unpaired) electrons. The second kappa shape index (κ2) is 6.13. The van der Waals surface area contributed by atoms with Crippen LogP contribution in [-0.4, -0.2) is 45.2 Å². The normalized spacial score (nSPS) is 16.0. The van der Waals surface area contributed by atoms with Crippen molar-refractivity contribution in [3.8, 4) is 5.19 Å². The minimum atomic E-state index is -0.504. The van der Waals surface area contributed by atoms with Crippen LogP contribution in [-0.2, 0) is 0 Å². The van der Waals surface area contributed by atoms with Gasteiger partial charge in [0.1, 0.15) is 17.4 Å². The Morgan fingerprint density at radius 1 is 1.38 bits per heavy atom. The molecule has 1 aliphatic heterocycles. The zero-order valence-electron chi connectivity index (χ0n) is 11.1. The fourth-order valence-corrected chi connectivity index (χ4v) is 2.72. The average Bonchev–Trinajstić information content (AvgIpc) is 3.00. The molecule has 21 heavy (non-hydrogen) atoms. The van der Waals surface area contributed by atoms with Crippen molar-refractivity contribution in [2.45, 2.75) is 18.9 Å². The molecule has 0 unspecified atom stereocenters. The first-order chi connectivity index (χ1) is 10.2. The van der Waals surface area contributed by atoms with E-state index in [0.29, 0.717) is 31.1 Å². The molecule has 110 valence electrons. The van der Waals surface area contributed by atoms with Crippen LogP contribution in [0.5, 0.6) is 5.19 Å². The van der Waals surface area contributed by atoms with Gasteiger partial charge in [-0.1, -0.05) is 11.3 Å². The minimum absolute atomic E-state index is 0.0348. The summed E-state index contributed by atoms with van der Waals surface area (Å²) in [6.07, 6.45) is 3.93. The van der Waals surface area contributed by atoms with E-state index >= 15 is 0 Å². The van der Waals surface area contributed by atoms with E-state index in [2.05, 4.69) is 15.2 Å². The Morgan fingerprint density at radius 2 is 2.19 bits per heavy atom. The summed E-state index contributed by atoms with van der Waals surface area (Å²) >= 11 is 1.35. The van der Waals surface area contributed by atoms with Gasteiger partial charge in [0.05, 0.1) is 11.8 Å². The molecule has 0 aromatic carbocycles. The largest absolute Gasteiger partial charge is 0.465 e. The lowest BCUT2D eigenvalue weighted by atomic mass is 10.1. The summed E-state index contributed by atoms with van der Waals surface area (Å²) in [6.45, 7) is 1.14. The molecule has 0 N–H and O–H groups in total. The van der Waals surface area contributed by atoms with E-state index < -0.39 is 5.82 Å². The smallest absolute Gasteiger partial charge is 0.294 e. The van der Waals surface area contributed by atoms with Crippen LogP contribution >= 0.6 is 11.3 Å². The predicted octanol–water partition coefficient (Wildman–Crippen LogP) is 1.76. The van der Waals surface area contributed by atoms with Crippen LogP contribution in [0.15, 0.2) is 24.0 Å². The first kappa shape index (κ1) is 13.9. The molecule has 8 heteroatoms. The SMILES string of the molecule is O=C(c1cncc(F)c1)N1CCC(Oc2nncs2)CC1. The van der Waals surface area contributed by atoms with E-state index in [1.165, 1.54) is 23.6 Å². The number of hydrogen-bond donors (Lipinski definition) is 0. The van der Waals surface area contributed by atoms with Crippen molar-refractivity contribution in [3.63, 3.8) is 0 Å². The van der Waals surface area contributed by atoms with Gasteiger partial charge in [-0.15, -0.1) is 10.2 Å². The van der Waals surface area contributed by atoms with Gasteiger partial charge in [-0.25, -0.2) is 4.39 Å². The molecule has 0 atom stereocenters. The number of carbonyl (C=O) groups is 1. The molecule has 6 nitrogen and oxygen atoms in total. The van der Waals surface area contributed by atoms with Crippen molar-refractivity contribution in [2.24, 2.45) is 0 Å². The Hall–Kier alpha value is -2.09. The average molecular weight is 308 g/mol. The standard InChI is InChI=1S/C13H13FN4O2S/c14-10-5-9(6-15-7-10)12(19)18-3-1-11(2-4-18)20-13-17-16-8-21-13/h5-8,11H,1-4H2. The number of aromatic nitrogens is 3. The number of amides is 1. The Labute approximate surface area is 124 Å². The number of pyridine rings is 1. The molecule has 2 aromatic rings. The Balaban J connectivity index is 1.57. The van der Waals surface area contributed by atoms with Crippen LogP contribution in [0.4, 0.5) is 4.39 Å². The van der Waals surface area contributed by atoms with E-state index in [-0.39, 0.29) is 17.6 Å². The van der Waals surface area contributed by atoms with Gasteiger partial charge >= 0.3 is 0 Å². The molecule has 1 amide bonds. The summed E-state index contributed by atoms with van der Waals surface area (Å²) in [5.41, 5.74) is 1.89. The number of likely N-dealkylation sites (tertiary alicyclic amines) is 1. The highest BCUT2D eigenvalue weighted by molar-refractivity contribution is 7.11. The third-order valence-corrected chi connectivity index (χ3v) is 3.87. The highest BCUT2D eigenvalue weighted by atomic mass is 32.1. The molecule has 0 aliphatic carbocycles. The van der Waals surface area contributed by atoms with Gasteiger partial charge in [-0.2, -0.15) is 0 Å². The van der Waals surface area contributed by atoms with E-state index in [1.807, 2.05) is 0 Å². The Kier molecular flexibility index (Phi) is 4.05. The summed E-state index contributed by atoms with van der Waals surface area (Å²) in [7, 11) is 0. The summed E-state index contributed by atoms with van der Waals surface area (Å²) in [4.78, 5) is 17.6. The molecule has 1 saturated heterocycles. The molecule has 3 heterocycles. The van der Waals surface area contributed by atoms with Gasteiger partial charge < -0.3 is 9.64 Å². The molecular weight excluding hydrogens is 295 g/mol. The fourth-order valence-electron chi connectivity index (χ4n) is 2.24. The quantitative estimate of drug-likeness (QED) is 0.864. The number of carbonyl (C=O) groups excluding carboxylic acids is 1. The first-order valence-electron chi connectivity index (χ1n) is 6.55. The molecule has 0 spiro atoms. The third kappa shape index (κ3) is 3.33. The lowest BCUT2D eigenvalue weighted by molar-refractivity contribution is 0.0593. The summed E-state index contributed by atoms with van der Waals surface area (Å²) in [5, 5.41) is 8.10. The maximum atomic E-state index is 13.1. The summed E-state index contributed by atoms with van der Waals surface area (Å²) in [6, 6.07) is 1.21. The van der Waals surface area contributed by atoms with Crippen molar-refractivity contribution in [3.05, 3.63) is 35.4 Å². The highest BCUT2D eigenvalue weighted by Gasteiger charge is 2.25. The second-order valence-electron chi connectivity index (χ2n) is 4.71. The monoisotopic (exact) mass is 308 g/mol. The maximum absolute atomic E-state index is 13.1. The number of halogens is 1. The van der Waals surface area contributed by atoms with E-state index in [4.69, 9.17) is 4.74 Å². The van der Waals surface area contributed by atoms with Crippen LogP contribution in [0.3, 0.4) is 0 Å². The maximum Gasteiger partial charge on any atom is 0.294 e. The van der Waals surface area contributed by atoms with Gasteiger partial charge in [-0.3, -0.25) is 9.78 Å². The van der Waals surface area contributed by atoms with Crippen LogP contribution in [0.1, 0.15) is 23.2 Å². The number of nitrogens with zero attached hydrogens (tertiary/aromatic N) is 4. The van der Waals surface area contributed by atoms with Crippen molar-refractivity contribution in [1.82, 2.24) is 20.1 Å². The molecule has 3 rings (SSSR count). The Morgan fingerprint density at radius 3 is 2.86 bits per heavy atom. The van der Waals surface area contributed by atoms with Gasteiger partial charge in [0.15, 0.2) is 0 Å². The van der Waals surface area contributed by atoms with E-state index in [1.54, 1.807) is 10.4 Å². The lowest BCUT2D eigenvalue weighted by Crippen LogP contribution is -2.41. The number of hydrogen-bond acceptors (Lipinski definition) is 6. The minimum Gasteiger partial charge on any atom is -0.465 e. The topological polar surface area (TPSA) is 68.2 Å². The second-order valence-corrected chi connectivity index (χ2v) is 5.50. The molecule has 1 aliphatic rings. The van der Waals surface area contributed by atoms with Gasteiger partial charge in [-0.05, 0) is 6.07 Å². The van der Waals surface area contributed by atoms with Crippen molar-refractivity contribution >= 4 is 17.2 Å². The highest BCUT2D eigenvalue weighted by Crippen LogP contribution is 2.20. The fraction of sp³-hybridized carbons (Fsp3) is 0.385. The van der Waals surface area contributed by atoms with Crippen LogP contribution in [0.25, 0.3) is 0 Å². The molecular formula is C13H13FN4O2S. The molecule has 0 bridgehead atoms. The first-order valence-corrected chi connectivity index (χ1v) is 7.43. The predicted molar refractivity (Wildman–Crippen MR) is 73.7 cm³/mol. The van der Waals surface area contributed by atoms with Gasteiger partial charge in [0.25, 0.3) is 11.1 Å². The lowest BCUT2D eigenvalue weighted by Gasteiger charge is -2.31. The number of rotatable bonds is 3. The zero-order valence-corrected chi connectivity index (χ0v) is 11.9. The van der Waals surface area contributed by atoms with Crippen molar-refractivity contribution < 1.29 is 13.9 Å². The van der Waals surface area contributed by atoms with Crippen LogP contribution < -0.4 is 4.74 Å². The van der Waals surface area contributed by atoms with Crippen LogP contribution in [0.2, 0.25) is 0 Å². The van der Waals surface area contributed by atoms with E-state index in [0.717, 1.165) is 6.20 Å². The van der Waals surface area contributed by atoms with Gasteiger partial charge in [0, 0.05) is 32.1 Å². The number of ether oxygens (including phenoxy) is 1. The third-order valence-electron chi connectivity index (χ3n) is 3.29. The Bertz CT molecular complexity index is 614. The molecule has 0 saturated carbocycles. The molecule has 1 fully saturated rings. The van der Waals surface area contributed by atoms with Crippen molar-refractivity contribution in [2.75, 3.05) is 13.1 Å². The van der Waals surface area contributed by atoms with E-state index in [9.17, 15) is 9.18 Å². The van der Waals surface area contributed by atoms with Crippen LogP contribution in [0, 0.1) is 5.82 Å². The summed E-state index contributed by atoms with van der Waals surface area (Å²) < 4.78 is 18.8. The zero-order chi connectivity index (χ0) is 14.7. The molecule has 2 aromatic heterocycles.